The van der Waals surface area contributed by atoms with E-state index in [1.807, 2.05) is 19.2 Å². The van der Waals surface area contributed by atoms with Gasteiger partial charge in [-0.05, 0) is 31.0 Å². The van der Waals surface area contributed by atoms with Gasteiger partial charge < -0.3 is 4.98 Å². The van der Waals surface area contributed by atoms with E-state index < -0.39 is 0 Å². The van der Waals surface area contributed by atoms with Crippen molar-refractivity contribution in [2.45, 2.75) is 57.8 Å². The monoisotopic (exact) mass is 348 g/mol. The number of aromatic amines is 1. The molecule has 6 heteroatoms. The van der Waals surface area contributed by atoms with Gasteiger partial charge in [-0.3, -0.25) is 4.79 Å². The van der Waals surface area contributed by atoms with Crippen LogP contribution in [0.4, 0.5) is 0 Å². The molecule has 0 saturated heterocycles. The zero-order valence-electron chi connectivity index (χ0n) is 14.3. The molecule has 1 aromatic carbocycles. The molecule has 24 heavy (non-hydrogen) atoms. The number of aromatic nitrogens is 2. The third kappa shape index (κ3) is 3.96. The molecule has 1 aliphatic heterocycles. The number of aryl methyl sites for hydroxylation is 1. The number of unbranched alkanes of at least 4 members (excludes halogenated alkanes) is 3. The van der Waals surface area contributed by atoms with Crippen molar-refractivity contribution in [2.75, 3.05) is 0 Å². The van der Waals surface area contributed by atoms with Crippen molar-refractivity contribution in [2.24, 2.45) is 5.10 Å². The molecule has 0 spiro atoms. The average Bonchev–Trinajstić information content (AvgIpc) is 2.93. The summed E-state index contributed by atoms with van der Waals surface area (Å²) in [6.07, 6.45) is 8.18. The zero-order valence-corrected chi connectivity index (χ0v) is 15.1. The highest BCUT2D eigenvalue weighted by Crippen LogP contribution is 2.29. The van der Waals surface area contributed by atoms with Crippen LogP contribution in [0, 0.1) is 0 Å². The van der Waals surface area contributed by atoms with Gasteiger partial charge in [-0.25, -0.2) is 10.4 Å². The number of rotatable bonds is 6. The Labute approximate surface area is 148 Å². The second-order valence-corrected chi connectivity index (χ2v) is 6.61. The molecule has 1 unspecified atom stereocenters. The Morgan fingerprint density at radius 2 is 2.08 bits per heavy atom. The van der Waals surface area contributed by atoms with Gasteiger partial charge in [0.2, 0.25) is 5.91 Å². The van der Waals surface area contributed by atoms with Crippen LogP contribution < -0.4 is 5.43 Å². The largest absolute Gasteiger partial charge is 0.342 e. The molecule has 2 heterocycles. The first-order valence-corrected chi connectivity index (χ1v) is 8.43. The maximum atomic E-state index is 11.6. The van der Waals surface area contributed by atoms with E-state index in [1.54, 1.807) is 0 Å². The highest BCUT2D eigenvalue weighted by Gasteiger charge is 2.31. The van der Waals surface area contributed by atoms with Crippen LogP contribution in [0.2, 0.25) is 0 Å². The van der Waals surface area contributed by atoms with E-state index in [0.717, 1.165) is 28.8 Å². The maximum Gasteiger partial charge on any atom is 0.241 e. The highest BCUT2D eigenvalue weighted by atomic mass is 35.5. The molecule has 130 valence electrons. The number of carbonyl (C=O) groups is 1. The fourth-order valence-corrected chi connectivity index (χ4v) is 3.10. The van der Waals surface area contributed by atoms with Crippen LogP contribution in [0.5, 0.6) is 0 Å². The Hall–Kier alpha value is -1.88. The van der Waals surface area contributed by atoms with Crippen molar-refractivity contribution in [1.82, 2.24) is 15.4 Å². The number of nitrogens with one attached hydrogen (secondary N) is 2. The standard InChI is InChI=1S/C18H24N4O.ClH/c1-3-4-5-6-7-16-20-14-9-8-13(10-15(14)21-16)18(2)11-17(23)22-19-12-18;/h8-10,12H,3-7,11H2,1-2H3,(H,20,21)(H,22,23);1H. The number of hydrogen-bond acceptors (Lipinski definition) is 3. The van der Waals surface area contributed by atoms with E-state index in [1.165, 1.54) is 25.7 Å². The summed E-state index contributed by atoms with van der Waals surface area (Å²) >= 11 is 0. The molecule has 0 radical (unpaired) electrons. The number of halogens is 1. The molecule has 1 aromatic heterocycles. The molecular formula is C18H25ClN4O. The third-order valence-electron chi connectivity index (χ3n) is 4.52. The predicted octanol–water partition coefficient (Wildman–Crippen LogP) is 3.87. The lowest BCUT2D eigenvalue weighted by Crippen LogP contribution is -2.37. The van der Waals surface area contributed by atoms with Gasteiger partial charge in [-0.2, -0.15) is 5.10 Å². The molecule has 0 bridgehead atoms. The molecule has 1 amide bonds. The molecule has 3 rings (SSSR count). The van der Waals surface area contributed by atoms with Crippen LogP contribution in [0.1, 0.15) is 57.3 Å². The molecular weight excluding hydrogens is 324 g/mol. The van der Waals surface area contributed by atoms with Gasteiger partial charge in [-0.1, -0.05) is 32.3 Å². The number of hydrogen-bond donors (Lipinski definition) is 2. The molecule has 5 nitrogen and oxygen atoms in total. The summed E-state index contributed by atoms with van der Waals surface area (Å²) in [5.41, 5.74) is 5.24. The second kappa shape index (κ2) is 7.79. The van der Waals surface area contributed by atoms with E-state index in [-0.39, 0.29) is 23.7 Å². The minimum atomic E-state index is -0.358. The lowest BCUT2D eigenvalue weighted by molar-refractivity contribution is -0.122. The van der Waals surface area contributed by atoms with Gasteiger partial charge in [0.15, 0.2) is 0 Å². The minimum Gasteiger partial charge on any atom is -0.342 e. The van der Waals surface area contributed by atoms with E-state index in [4.69, 9.17) is 0 Å². The first kappa shape index (κ1) is 18.5. The number of benzene rings is 1. The number of fused-ring (bicyclic) bond motifs is 1. The van der Waals surface area contributed by atoms with Gasteiger partial charge in [-0.15, -0.1) is 12.4 Å². The van der Waals surface area contributed by atoms with Crippen LogP contribution in [0.3, 0.4) is 0 Å². The predicted molar refractivity (Wildman–Crippen MR) is 99.8 cm³/mol. The molecule has 2 N–H and O–H groups in total. The zero-order chi connectivity index (χ0) is 16.3. The molecule has 0 aliphatic carbocycles. The normalized spacial score (nSPS) is 20.0. The molecule has 1 aliphatic rings. The number of H-pyrrole nitrogens is 1. The highest BCUT2D eigenvalue weighted by molar-refractivity contribution is 5.90. The van der Waals surface area contributed by atoms with Crippen LogP contribution >= 0.6 is 12.4 Å². The summed E-state index contributed by atoms with van der Waals surface area (Å²) in [6.45, 7) is 4.26. The first-order valence-electron chi connectivity index (χ1n) is 8.43. The third-order valence-corrected chi connectivity index (χ3v) is 4.52. The first-order chi connectivity index (χ1) is 11.1. The van der Waals surface area contributed by atoms with Gasteiger partial charge in [0.1, 0.15) is 5.82 Å². The fraction of sp³-hybridized carbons (Fsp3) is 0.500. The summed E-state index contributed by atoms with van der Waals surface area (Å²) in [6, 6.07) is 6.18. The molecule has 0 fully saturated rings. The quantitative estimate of drug-likeness (QED) is 0.778. The number of carbonyl (C=O) groups excluding carboxylic acids is 1. The lowest BCUT2D eigenvalue weighted by atomic mass is 9.79. The minimum absolute atomic E-state index is 0. The number of imidazole rings is 1. The molecule has 0 saturated carbocycles. The van der Waals surface area contributed by atoms with Crippen molar-refractivity contribution in [1.29, 1.82) is 0 Å². The molecule has 2 aromatic rings. The maximum absolute atomic E-state index is 11.6. The second-order valence-electron chi connectivity index (χ2n) is 6.61. The van der Waals surface area contributed by atoms with E-state index >= 15 is 0 Å². The Bertz CT molecular complexity index is 740. The summed E-state index contributed by atoms with van der Waals surface area (Å²) in [7, 11) is 0. The van der Waals surface area contributed by atoms with Crippen LogP contribution in [-0.2, 0) is 16.6 Å². The SMILES string of the molecule is CCCCCCc1nc2ccc(C3(C)C=NNC(=O)C3)cc2[nH]1.Cl. The van der Waals surface area contributed by atoms with Crippen molar-refractivity contribution < 1.29 is 4.79 Å². The summed E-state index contributed by atoms with van der Waals surface area (Å²) in [5.74, 6) is 1.00. The molecule has 1 atom stereocenters. The van der Waals surface area contributed by atoms with Crippen LogP contribution in [-0.4, -0.2) is 22.1 Å². The fourth-order valence-electron chi connectivity index (χ4n) is 3.10. The Kier molecular flexibility index (Phi) is 5.99. The topological polar surface area (TPSA) is 70.1 Å². The van der Waals surface area contributed by atoms with Crippen molar-refractivity contribution in [3.05, 3.63) is 29.6 Å². The van der Waals surface area contributed by atoms with Gasteiger partial charge in [0.25, 0.3) is 0 Å². The van der Waals surface area contributed by atoms with Crippen molar-refractivity contribution in [3.63, 3.8) is 0 Å². The Morgan fingerprint density at radius 1 is 1.25 bits per heavy atom. The summed E-state index contributed by atoms with van der Waals surface area (Å²) < 4.78 is 0. The van der Waals surface area contributed by atoms with Crippen molar-refractivity contribution in [3.8, 4) is 0 Å². The van der Waals surface area contributed by atoms with Gasteiger partial charge in [0, 0.05) is 24.5 Å². The Balaban J connectivity index is 0.00000208. The van der Waals surface area contributed by atoms with E-state index in [9.17, 15) is 4.79 Å². The number of hydrazone groups is 1. The smallest absolute Gasteiger partial charge is 0.241 e. The Morgan fingerprint density at radius 3 is 2.83 bits per heavy atom. The average molecular weight is 349 g/mol. The van der Waals surface area contributed by atoms with Crippen molar-refractivity contribution >= 4 is 35.6 Å². The van der Waals surface area contributed by atoms with Crippen LogP contribution in [0.15, 0.2) is 23.3 Å². The number of nitrogens with zero attached hydrogens (tertiary/aromatic N) is 2. The number of amides is 1. The van der Waals surface area contributed by atoms with Crippen LogP contribution in [0.25, 0.3) is 11.0 Å². The van der Waals surface area contributed by atoms with Gasteiger partial charge >= 0.3 is 0 Å². The van der Waals surface area contributed by atoms with Gasteiger partial charge in [0.05, 0.1) is 11.0 Å². The summed E-state index contributed by atoms with van der Waals surface area (Å²) in [4.78, 5) is 19.7. The summed E-state index contributed by atoms with van der Waals surface area (Å²) in [5, 5.41) is 3.98. The van der Waals surface area contributed by atoms with E-state index in [2.05, 4.69) is 39.6 Å². The van der Waals surface area contributed by atoms with E-state index in [0.29, 0.717) is 6.42 Å². The lowest BCUT2D eigenvalue weighted by Gasteiger charge is -2.27.